The molecule has 1 aliphatic heterocycles. The van der Waals surface area contributed by atoms with E-state index in [4.69, 9.17) is 10.5 Å². The van der Waals surface area contributed by atoms with E-state index in [0.717, 1.165) is 11.3 Å². The highest BCUT2D eigenvalue weighted by atomic mass is 16.6. The molecule has 1 heterocycles. The van der Waals surface area contributed by atoms with E-state index in [1.54, 1.807) is 4.90 Å². The molecule has 0 aromatic heterocycles. The molecule has 0 saturated carbocycles. The molecule has 1 amide bonds. The first-order valence-electron chi connectivity index (χ1n) is 6.96. The molecule has 20 heavy (non-hydrogen) atoms. The number of hydrogen-bond donors (Lipinski definition) is 1. The van der Waals surface area contributed by atoms with Gasteiger partial charge in [0.05, 0.1) is 6.54 Å². The predicted molar refractivity (Wildman–Crippen MR) is 80.5 cm³/mol. The minimum atomic E-state index is -0.482. The lowest BCUT2D eigenvalue weighted by molar-refractivity contribution is 0.0175. The normalized spacial score (nSPS) is 17.6. The molecule has 0 radical (unpaired) electrons. The number of anilines is 1. The summed E-state index contributed by atoms with van der Waals surface area (Å²) in [7, 11) is 0. The van der Waals surface area contributed by atoms with Gasteiger partial charge >= 0.3 is 6.09 Å². The Labute approximate surface area is 120 Å². The lowest BCUT2D eigenvalue weighted by Crippen LogP contribution is -2.47. The van der Waals surface area contributed by atoms with E-state index in [9.17, 15) is 4.79 Å². The zero-order valence-corrected chi connectivity index (χ0v) is 13.0. The van der Waals surface area contributed by atoms with Crippen molar-refractivity contribution in [3.8, 4) is 0 Å². The molecule has 110 valence electrons. The molecule has 0 spiro atoms. The smallest absolute Gasteiger partial charge is 0.410 e. The van der Waals surface area contributed by atoms with E-state index in [-0.39, 0.29) is 11.5 Å². The number of nitrogens with two attached hydrogens (primary N) is 1. The number of carbonyl (C=O) groups is 1. The second kappa shape index (κ2) is 4.69. The third-order valence-electron chi connectivity index (χ3n) is 3.53. The summed E-state index contributed by atoms with van der Waals surface area (Å²) in [5.74, 6) is 0. The van der Waals surface area contributed by atoms with Crippen LogP contribution in [0.3, 0.4) is 0 Å². The van der Waals surface area contributed by atoms with Gasteiger partial charge in [-0.2, -0.15) is 0 Å². The van der Waals surface area contributed by atoms with E-state index in [1.165, 1.54) is 5.56 Å². The van der Waals surface area contributed by atoms with Crippen LogP contribution in [0.15, 0.2) is 18.2 Å². The third-order valence-corrected chi connectivity index (χ3v) is 3.53. The zero-order chi connectivity index (χ0) is 15.1. The van der Waals surface area contributed by atoms with Crippen LogP contribution >= 0.6 is 0 Å². The molecule has 0 bridgehead atoms. The summed E-state index contributed by atoms with van der Waals surface area (Å²) in [5, 5.41) is 0. The summed E-state index contributed by atoms with van der Waals surface area (Å²) in [6.07, 6.45) is -0.278. The summed E-state index contributed by atoms with van der Waals surface area (Å²) in [6, 6.07) is 5.95. The van der Waals surface area contributed by atoms with Crippen LogP contribution in [-0.2, 0) is 16.7 Å². The van der Waals surface area contributed by atoms with Crippen molar-refractivity contribution in [2.45, 2.75) is 52.2 Å². The highest BCUT2D eigenvalue weighted by molar-refractivity contribution is 5.70. The van der Waals surface area contributed by atoms with Crippen LogP contribution in [-0.4, -0.2) is 23.1 Å². The monoisotopic (exact) mass is 276 g/mol. The molecule has 0 atom stereocenters. The number of hydrogen-bond acceptors (Lipinski definition) is 3. The SMILES string of the molecule is CC(C)(C)OC(=O)N1Cc2c(N)cccc2C(C)(C)C1. The number of carbonyl (C=O) groups excluding carboxylic acids is 1. The lowest BCUT2D eigenvalue weighted by Gasteiger charge is -2.40. The lowest BCUT2D eigenvalue weighted by atomic mass is 9.78. The van der Waals surface area contributed by atoms with Gasteiger partial charge in [0.25, 0.3) is 0 Å². The summed E-state index contributed by atoms with van der Waals surface area (Å²) >= 11 is 0. The number of nitrogen functional groups attached to an aromatic ring is 1. The Kier molecular flexibility index (Phi) is 3.44. The van der Waals surface area contributed by atoms with E-state index < -0.39 is 5.60 Å². The van der Waals surface area contributed by atoms with Crippen molar-refractivity contribution >= 4 is 11.8 Å². The number of rotatable bonds is 0. The van der Waals surface area contributed by atoms with Crippen molar-refractivity contribution in [3.05, 3.63) is 29.3 Å². The first kappa shape index (κ1) is 14.7. The average molecular weight is 276 g/mol. The molecule has 2 rings (SSSR count). The molecular weight excluding hydrogens is 252 g/mol. The highest BCUT2D eigenvalue weighted by Crippen LogP contribution is 2.36. The molecule has 4 heteroatoms. The van der Waals surface area contributed by atoms with E-state index in [2.05, 4.69) is 19.9 Å². The molecular formula is C16H24N2O2. The Hall–Kier alpha value is -1.71. The maximum absolute atomic E-state index is 12.3. The largest absolute Gasteiger partial charge is 0.444 e. The van der Waals surface area contributed by atoms with Crippen LogP contribution in [0.5, 0.6) is 0 Å². The fourth-order valence-corrected chi connectivity index (χ4v) is 2.68. The molecule has 1 aliphatic rings. The Bertz CT molecular complexity index is 530. The Morgan fingerprint density at radius 1 is 1.35 bits per heavy atom. The van der Waals surface area contributed by atoms with E-state index in [0.29, 0.717) is 13.1 Å². The van der Waals surface area contributed by atoms with Gasteiger partial charge in [0.2, 0.25) is 0 Å². The van der Waals surface area contributed by atoms with Gasteiger partial charge in [0.1, 0.15) is 5.60 Å². The molecule has 0 aliphatic carbocycles. The molecule has 0 fully saturated rings. The summed E-state index contributed by atoms with van der Waals surface area (Å²) in [6.45, 7) is 11.0. The number of benzene rings is 1. The zero-order valence-electron chi connectivity index (χ0n) is 13.0. The van der Waals surface area contributed by atoms with Crippen molar-refractivity contribution in [2.75, 3.05) is 12.3 Å². The first-order chi connectivity index (χ1) is 9.10. The van der Waals surface area contributed by atoms with Crippen LogP contribution in [0.1, 0.15) is 45.7 Å². The van der Waals surface area contributed by atoms with E-state index in [1.807, 2.05) is 32.9 Å². The number of fused-ring (bicyclic) bond motifs is 1. The van der Waals surface area contributed by atoms with Gasteiger partial charge in [-0.3, -0.25) is 0 Å². The summed E-state index contributed by atoms with van der Waals surface area (Å²) in [5.41, 5.74) is 8.46. The van der Waals surface area contributed by atoms with Crippen molar-refractivity contribution in [2.24, 2.45) is 0 Å². The third kappa shape index (κ3) is 2.89. The standard InChI is InChI=1S/C16H24N2O2/c1-15(2,3)20-14(19)18-9-11-12(16(4,5)10-18)7-6-8-13(11)17/h6-8H,9-10,17H2,1-5H3. The highest BCUT2D eigenvalue weighted by Gasteiger charge is 2.36. The molecule has 1 aromatic rings. The topological polar surface area (TPSA) is 55.6 Å². The Morgan fingerprint density at radius 2 is 2.00 bits per heavy atom. The number of nitrogens with zero attached hydrogens (tertiary/aromatic N) is 1. The van der Waals surface area contributed by atoms with Gasteiger partial charge in [-0.15, -0.1) is 0 Å². The fourth-order valence-electron chi connectivity index (χ4n) is 2.68. The van der Waals surface area contributed by atoms with Gasteiger partial charge in [-0.1, -0.05) is 26.0 Å². The van der Waals surface area contributed by atoms with Gasteiger partial charge in [-0.25, -0.2) is 4.79 Å². The van der Waals surface area contributed by atoms with Crippen molar-refractivity contribution in [1.82, 2.24) is 4.90 Å². The first-order valence-corrected chi connectivity index (χ1v) is 6.96. The summed E-state index contributed by atoms with van der Waals surface area (Å²) < 4.78 is 5.47. The van der Waals surface area contributed by atoms with E-state index >= 15 is 0 Å². The van der Waals surface area contributed by atoms with Crippen LogP contribution in [0.4, 0.5) is 10.5 Å². The molecule has 1 aromatic carbocycles. The Morgan fingerprint density at radius 3 is 2.60 bits per heavy atom. The van der Waals surface area contributed by atoms with Gasteiger partial charge < -0.3 is 15.4 Å². The van der Waals surface area contributed by atoms with Crippen LogP contribution in [0.2, 0.25) is 0 Å². The molecule has 0 saturated heterocycles. The average Bonchev–Trinajstić information content (AvgIpc) is 2.27. The van der Waals surface area contributed by atoms with Gasteiger partial charge in [0, 0.05) is 17.6 Å². The van der Waals surface area contributed by atoms with Gasteiger partial charge in [0.15, 0.2) is 0 Å². The predicted octanol–water partition coefficient (Wildman–Crippen LogP) is 3.30. The maximum Gasteiger partial charge on any atom is 0.410 e. The minimum absolute atomic E-state index is 0.125. The van der Waals surface area contributed by atoms with Crippen molar-refractivity contribution in [3.63, 3.8) is 0 Å². The van der Waals surface area contributed by atoms with Crippen molar-refractivity contribution < 1.29 is 9.53 Å². The number of ether oxygens (including phenoxy) is 1. The number of amides is 1. The molecule has 4 nitrogen and oxygen atoms in total. The van der Waals surface area contributed by atoms with Gasteiger partial charge in [-0.05, 0) is 38.0 Å². The second-order valence-electron chi connectivity index (χ2n) is 7.09. The molecule has 0 unspecified atom stereocenters. The maximum atomic E-state index is 12.3. The quantitative estimate of drug-likeness (QED) is 0.740. The van der Waals surface area contributed by atoms with Crippen molar-refractivity contribution in [1.29, 1.82) is 0 Å². The Balaban J connectivity index is 2.30. The van der Waals surface area contributed by atoms with Crippen LogP contribution < -0.4 is 5.73 Å². The molecule has 2 N–H and O–H groups in total. The minimum Gasteiger partial charge on any atom is -0.444 e. The summed E-state index contributed by atoms with van der Waals surface area (Å²) in [4.78, 5) is 14.0. The van der Waals surface area contributed by atoms with Crippen LogP contribution in [0, 0.1) is 0 Å². The fraction of sp³-hybridized carbons (Fsp3) is 0.562. The van der Waals surface area contributed by atoms with Crippen LogP contribution in [0.25, 0.3) is 0 Å². The second-order valence-corrected chi connectivity index (χ2v) is 7.09.